The molecule has 156 valence electrons. The van der Waals surface area contributed by atoms with Gasteiger partial charge < -0.3 is 9.84 Å². The number of hydrogen-bond acceptors (Lipinski definition) is 5. The number of phenols is 1. The number of nitrogens with zero attached hydrogens (tertiary/aromatic N) is 1. The van der Waals surface area contributed by atoms with Gasteiger partial charge in [-0.25, -0.2) is 13.4 Å². The summed E-state index contributed by atoms with van der Waals surface area (Å²) < 4.78 is 47.2. The Hall–Kier alpha value is -1.87. The van der Waals surface area contributed by atoms with Crippen molar-refractivity contribution in [3.05, 3.63) is 23.0 Å². The van der Waals surface area contributed by atoms with Crippen molar-refractivity contribution >= 4 is 21.8 Å². The van der Waals surface area contributed by atoms with Crippen molar-refractivity contribution in [2.24, 2.45) is 5.92 Å². The fourth-order valence-electron chi connectivity index (χ4n) is 3.96. The molecule has 28 heavy (non-hydrogen) atoms. The van der Waals surface area contributed by atoms with Crippen molar-refractivity contribution in [2.75, 3.05) is 18.0 Å². The number of anilines is 1. The zero-order valence-electron chi connectivity index (χ0n) is 16.4. The van der Waals surface area contributed by atoms with Crippen LogP contribution in [0.5, 0.6) is 5.75 Å². The summed E-state index contributed by atoms with van der Waals surface area (Å²) in [7, 11) is -2.50. The fourth-order valence-corrected chi connectivity index (χ4v) is 5.12. The van der Waals surface area contributed by atoms with E-state index in [1.165, 1.54) is 6.07 Å². The van der Waals surface area contributed by atoms with Crippen LogP contribution in [0.15, 0.2) is 6.07 Å². The molecule has 1 aliphatic heterocycles. The Morgan fingerprint density at radius 3 is 2.75 bits per heavy atom. The highest BCUT2D eigenvalue weighted by molar-refractivity contribution is 7.92. The first-order valence-electron chi connectivity index (χ1n) is 9.46. The first-order valence-corrected chi connectivity index (χ1v) is 10.9. The van der Waals surface area contributed by atoms with E-state index >= 15 is 4.39 Å². The highest BCUT2D eigenvalue weighted by Crippen LogP contribution is 2.41. The molecule has 0 aromatic heterocycles. The van der Waals surface area contributed by atoms with Crippen LogP contribution in [0.3, 0.4) is 0 Å². The number of halogens is 1. The standard InChI is InChI=1S/C19H27FN2O5S/c1-19(2,27-3)8-4-5-12-6-7-13-10-15(23)18(17(20)14(13)9-12)22-11-16(24)21-28(22,25)26/h10,12,23H,4-9,11H2,1-3H3,(H,21,24). The number of hydrogen-bond donors (Lipinski definition) is 2. The van der Waals surface area contributed by atoms with Gasteiger partial charge in [0.25, 0.3) is 5.91 Å². The van der Waals surface area contributed by atoms with Crippen LogP contribution in [-0.2, 0) is 32.6 Å². The van der Waals surface area contributed by atoms with Crippen LogP contribution < -0.4 is 9.03 Å². The maximum atomic E-state index is 15.3. The van der Waals surface area contributed by atoms with Gasteiger partial charge in [-0.05, 0) is 62.6 Å². The van der Waals surface area contributed by atoms with Gasteiger partial charge in [0.05, 0.1) is 5.60 Å². The molecule has 1 aromatic carbocycles. The molecule has 1 saturated heterocycles. The molecule has 9 heteroatoms. The van der Waals surface area contributed by atoms with Crippen LogP contribution in [0.1, 0.15) is 50.7 Å². The predicted octanol–water partition coefficient (Wildman–Crippen LogP) is 2.41. The maximum absolute atomic E-state index is 15.3. The summed E-state index contributed by atoms with van der Waals surface area (Å²) in [4.78, 5) is 11.5. The molecule has 7 nitrogen and oxygen atoms in total. The molecule has 0 spiro atoms. The third-order valence-electron chi connectivity index (χ3n) is 5.74. The number of carbonyl (C=O) groups excluding carboxylic acids is 1. The lowest BCUT2D eigenvalue weighted by Crippen LogP contribution is -2.31. The first-order chi connectivity index (χ1) is 13.0. The number of rotatable bonds is 6. The van der Waals surface area contributed by atoms with Crippen molar-refractivity contribution in [1.29, 1.82) is 0 Å². The van der Waals surface area contributed by atoms with Crippen molar-refractivity contribution in [2.45, 2.75) is 58.0 Å². The monoisotopic (exact) mass is 414 g/mol. The molecule has 1 unspecified atom stereocenters. The number of ether oxygens (including phenoxy) is 1. The van der Waals surface area contributed by atoms with Crippen molar-refractivity contribution in [3.63, 3.8) is 0 Å². The summed E-state index contributed by atoms with van der Waals surface area (Å²) in [5, 5.41) is 10.3. The maximum Gasteiger partial charge on any atom is 0.326 e. The number of carbonyl (C=O) groups is 1. The Bertz CT molecular complexity index is 885. The lowest BCUT2D eigenvalue weighted by molar-refractivity contribution is -0.117. The van der Waals surface area contributed by atoms with Crippen LogP contribution in [0.4, 0.5) is 10.1 Å². The molecule has 3 rings (SSSR count). The highest BCUT2D eigenvalue weighted by atomic mass is 32.2. The van der Waals surface area contributed by atoms with E-state index in [4.69, 9.17) is 4.74 Å². The van der Waals surface area contributed by atoms with Gasteiger partial charge in [-0.3, -0.25) is 4.79 Å². The number of fused-ring (bicyclic) bond motifs is 1. The third kappa shape index (κ3) is 4.10. The van der Waals surface area contributed by atoms with Crippen molar-refractivity contribution in [1.82, 2.24) is 4.72 Å². The second-order valence-electron chi connectivity index (χ2n) is 8.20. The van der Waals surface area contributed by atoms with Crippen LogP contribution in [-0.4, -0.2) is 38.7 Å². The topological polar surface area (TPSA) is 95.9 Å². The second-order valence-corrected chi connectivity index (χ2v) is 9.79. The number of aryl methyl sites for hydroxylation is 1. The van der Waals surface area contributed by atoms with Gasteiger partial charge in [0, 0.05) is 7.11 Å². The molecular formula is C19H27FN2O5S. The Morgan fingerprint density at radius 2 is 2.14 bits per heavy atom. The zero-order valence-corrected chi connectivity index (χ0v) is 17.2. The second kappa shape index (κ2) is 7.51. The van der Waals surface area contributed by atoms with Gasteiger partial charge in [-0.2, -0.15) is 8.42 Å². The molecule has 0 radical (unpaired) electrons. The molecule has 1 heterocycles. The van der Waals surface area contributed by atoms with Gasteiger partial charge in [-0.1, -0.05) is 12.8 Å². The van der Waals surface area contributed by atoms with Crippen LogP contribution in [0, 0.1) is 11.7 Å². The lowest BCUT2D eigenvalue weighted by Gasteiger charge is -2.29. The number of aromatic hydroxyl groups is 1. The van der Waals surface area contributed by atoms with Crippen LogP contribution in [0.2, 0.25) is 0 Å². The molecule has 1 fully saturated rings. The largest absolute Gasteiger partial charge is 0.506 e. The van der Waals surface area contributed by atoms with E-state index in [2.05, 4.69) is 0 Å². The average Bonchev–Trinajstić information content (AvgIpc) is 2.87. The van der Waals surface area contributed by atoms with Crippen LogP contribution >= 0.6 is 0 Å². The minimum Gasteiger partial charge on any atom is -0.506 e. The summed E-state index contributed by atoms with van der Waals surface area (Å²) >= 11 is 0. The predicted molar refractivity (Wildman–Crippen MR) is 103 cm³/mol. The molecule has 1 atom stereocenters. The molecule has 0 bridgehead atoms. The number of phenolic OH excluding ortho intramolecular Hbond substituents is 1. The normalized spacial score (nSPS) is 21.5. The van der Waals surface area contributed by atoms with E-state index in [1.54, 1.807) is 11.8 Å². The summed E-state index contributed by atoms with van der Waals surface area (Å²) in [6.45, 7) is 3.52. The zero-order chi connectivity index (χ0) is 20.7. The van der Waals surface area contributed by atoms with Gasteiger partial charge in [0.15, 0.2) is 5.82 Å². The first kappa shape index (κ1) is 20.9. The Morgan fingerprint density at radius 1 is 1.43 bits per heavy atom. The van der Waals surface area contributed by atoms with E-state index in [9.17, 15) is 18.3 Å². The SMILES string of the molecule is COC(C)(C)CCCC1CCc2cc(O)c(N3CC(=O)NS3(=O)=O)c(F)c2C1. The third-order valence-corrected chi connectivity index (χ3v) is 7.12. The molecular weight excluding hydrogens is 387 g/mol. The van der Waals surface area contributed by atoms with Gasteiger partial charge in [0.2, 0.25) is 0 Å². The van der Waals surface area contributed by atoms with Gasteiger partial charge in [0.1, 0.15) is 18.0 Å². The minimum atomic E-state index is -4.19. The number of nitrogens with one attached hydrogen (secondary N) is 1. The summed E-state index contributed by atoms with van der Waals surface area (Å²) in [6.07, 6.45) is 4.77. The summed E-state index contributed by atoms with van der Waals surface area (Å²) in [5.74, 6) is -1.69. The van der Waals surface area contributed by atoms with Crippen molar-refractivity contribution in [3.8, 4) is 5.75 Å². The fraction of sp³-hybridized carbons (Fsp3) is 0.632. The lowest BCUT2D eigenvalue weighted by atomic mass is 9.80. The molecule has 1 aromatic rings. The number of methoxy groups -OCH3 is 1. The summed E-state index contributed by atoms with van der Waals surface area (Å²) in [5.41, 5.74) is 0.492. The number of benzene rings is 1. The molecule has 1 amide bonds. The van der Waals surface area contributed by atoms with Gasteiger partial charge in [-0.15, -0.1) is 0 Å². The van der Waals surface area contributed by atoms with E-state index < -0.39 is 39.9 Å². The smallest absolute Gasteiger partial charge is 0.326 e. The van der Waals surface area contributed by atoms with Crippen LogP contribution in [0.25, 0.3) is 0 Å². The van der Waals surface area contributed by atoms with E-state index in [1.807, 2.05) is 13.8 Å². The number of amides is 1. The highest BCUT2D eigenvalue weighted by Gasteiger charge is 2.39. The van der Waals surface area contributed by atoms with Crippen molar-refractivity contribution < 1.29 is 27.4 Å². The van der Waals surface area contributed by atoms with Gasteiger partial charge >= 0.3 is 10.2 Å². The van der Waals surface area contributed by atoms with E-state index in [-0.39, 0.29) is 11.5 Å². The Labute approximate surface area is 165 Å². The Kier molecular flexibility index (Phi) is 5.60. The molecule has 0 saturated carbocycles. The average molecular weight is 414 g/mol. The quantitative estimate of drug-likeness (QED) is 0.745. The summed E-state index contributed by atoms with van der Waals surface area (Å²) in [6, 6.07) is 1.43. The molecule has 2 aliphatic rings. The van der Waals surface area contributed by atoms with E-state index in [0.717, 1.165) is 25.7 Å². The molecule has 1 aliphatic carbocycles. The molecule has 2 N–H and O–H groups in total. The Balaban J connectivity index is 1.81. The minimum absolute atomic E-state index is 0.194. The van der Waals surface area contributed by atoms with E-state index in [0.29, 0.717) is 28.3 Å².